The number of ether oxygens (including phenoxy) is 4. The smallest absolute Gasteiger partial charge is 0.408 e. The molecule has 1 amide bonds. The highest BCUT2D eigenvalue weighted by molar-refractivity contribution is 5.78. The lowest BCUT2D eigenvalue weighted by Crippen LogP contribution is -2.63. The number of rotatable bonds is 7. The number of amides is 1. The molecule has 4 fully saturated rings. The molecular weight excluding hydrogens is 453 g/mol. The molecular formula is C26H34FN3O5. The normalized spacial score (nSPS) is 27.9. The molecule has 1 atom stereocenters. The summed E-state index contributed by atoms with van der Waals surface area (Å²) in [5, 5.41) is 3.05. The number of alkyl carbamates (subject to hydrolysis) is 1. The van der Waals surface area contributed by atoms with Crippen LogP contribution in [0, 0.1) is 5.82 Å². The summed E-state index contributed by atoms with van der Waals surface area (Å²) in [6.07, 6.45) is 6.32. The third kappa shape index (κ3) is 5.35. The highest BCUT2D eigenvalue weighted by Gasteiger charge is 2.50. The molecule has 5 heterocycles. The van der Waals surface area contributed by atoms with Crippen molar-refractivity contribution < 1.29 is 28.1 Å². The van der Waals surface area contributed by atoms with Crippen LogP contribution in [0.5, 0.6) is 5.88 Å². The molecule has 8 nitrogen and oxygen atoms in total. The number of nitrogens with one attached hydrogen (secondary N) is 1. The Bertz CT molecular complexity index is 1070. The van der Waals surface area contributed by atoms with Crippen LogP contribution in [0.15, 0.2) is 18.3 Å². The van der Waals surface area contributed by atoms with E-state index < -0.39 is 17.2 Å². The minimum Gasteiger partial charge on any atom is -0.475 e. The maximum absolute atomic E-state index is 14.9. The number of halogens is 1. The molecule has 0 aromatic carbocycles. The zero-order valence-electron chi connectivity index (χ0n) is 20.7. The highest BCUT2D eigenvalue weighted by Crippen LogP contribution is 2.46. The highest BCUT2D eigenvalue weighted by atomic mass is 19.1. The summed E-state index contributed by atoms with van der Waals surface area (Å²) in [4.78, 5) is 21.1. The van der Waals surface area contributed by atoms with Crippen LogP contribution in [-0.4, -0.2) is 58.7 Å². The van der Waals surface area contributed by atoms with Gasteiger partial charge in [-0.1, -0.05) is 0 Å². The number of pyridine rings is 2. The Kier molecular flexibility index (Phi) is 6.34. The largest absolute Gasteiger partial charge is 0.475 e. The minimum absolute atomic E-state index is 0.100. The van der Waals surface area contributed by atoms with E-state index in [4.69, 9.17) is 18.9 Å². The van der Waals surface area contributed by atoms with Crippen LogP contribution in [0.1, 0.15) is 64.9 Å². The molecule has 35 heavy (non-hydrogen) atoms. The predicted octanol–water partition coefficient (Wildman–Crippen LogP) is 4.48. The number of hydrogen-bond acceptors (Lipinski definition) is 7. The summed E-state index contributed by atoms with van der Waals surface area (Å²) in [5.41, 5.74) is 0.440. The van der Waals surface area contributed by atoms with Crippen molar-refractivity contribution in [2.75, 3.05) is 19.8 Å². The third-order valence-electron chi connectivity index (χ3n) is 7.32. The zero-order valence-corrected chi connectivity index (χ0v) is 20.7. The Morgan fingerprint density at radius 2 is 2.03 bits per heavy atom. The van der Waals surface area contributed by atoms with Crippen molar-refractivity contribution in [3.63, 3.8) is 0 Å². The number of aryl methyl sites for hydroxylation is 1. The summed E-state index contributed by atoms with van der Waals surface area (Å²) in [6.45, 7) is 7.19. The lowest BCUT2D eigenvalue weighted by atomic mass is 9.69. The van der Waals surface area contributed by atoms with Crippen molar-refractivity contribution in [1.29, 1.82) is 0 Å². The molecule has 1 saturated carbocycles. The number of hydrogen-bond donors (Lipinski definition) is 1. The summed E-state index contributed by atoms with van der Waals surface area (Å²) in [7, 11) is 0. The van der Waals surface area contributed by atoms with Crippen LogP contribution < -0.4 is 10.1 Å². The first kappa shape index (κ1) is 24.2. The zero-order chi connectivity index (χ0) is 24.7. The second kappa shape index (κ2) is 9.17. The number of aromatic nitrogens is 2. The average Bonchev–Trinajstić information content (AvgIpc) is 2.77. The van der Waals surface area contributed by atoms with Gasteiger partial charge < -0.3 is 24.3 Å². The molecule has 4 aliphatic rings. The fourth-order valence-corrected chi connectivity index (χ4v) is 5.11. The van der Waals surface area contributed by atoms with Crippen LogP contribution in [0.4, 0.5) is 9.18 Å². The standard InChI is InChI=1S/C26H34FN3O5/c1-24(2,3)35-23(31)30-25-9-11-26(12-10-25,34-16-25)8-6-18-19(27)14-28-20-4-5-21(29-22(18)20)33-15-17-7-13-32-17/h4-5,14,17H,6-13,15-16H2,1-3H3,(H,30,31)/t17-,25?,26?/m0/s1. The Morgan fingerprint density at radius 3 is 2.66 bits per heavy atom. The molecule has 9 heteroatoms. The van der Waals surface area contributed by atoms with Gasteiger partial charge in [-0.05, 0) is 65.4 Å². The van der Waals surface area contributed by atoms with Gasteiger partial charge in [0.2, 0.25) is 5.88 Å². The van der Waals surface area contributed by atoms with Gasteiger partial charge in [0, 0.05) is 24.7 Å². The summed E-state index contributed by atoms with van der Waals surface area (Å²) >= 11 is 0. The van der Waals surface area contributed by atoms with E-state index in [1.807, 2.05) is 26.8 Å². The molecule has 190 valence electrons. The maximum atomic E-state index is 14.9. The second-order valence-corrected chi connectivity index (χ2v) is 11.1. The van der Waals surface area contributed by atoms with Gasteiger partial charge in [0.15, 0.2) is 0 Å². The Hall–Kier alpha value is -2.52. The first-order valence-electron chi connectivity index (χ1n) is 12.5. The second-order valence-electron chi connectivity index (χ2n) is 11.1. The predicted molar refractivity (Wildman–Crippen MR) is 127 cm³/mol. The molecule has 3 saturated heterocycles. The monoisotopic (exact) mass is 487 g/mol. The average molecular weight is 488 g/mol. The summed E-state index contributed by atoms with van der Waals surface area (Å²) in [6, 6.07) is 3.58. The van der Waals surface area contributed by atoms with E-state index in [1.165, 1.54) is 6.20 Å². The van der Waals surface area contributed by atoms with Crippen LogP contribution in [-0.2, 0) is 20.6 Å². The van der Waals surface area contributed by atoms with Crippen molar-refractivity contribution >= 4 is 17.1 Å². The van der Waals surface area contributed by atoms with Gasteiger partial charge in [0.05, 0.1) is 41.1 Å². The van der Waals surface area contributed by atoms with Crippen LogP contribution >= 0.6 is 0 Å². The van der Waals surface area contributed by atoms with Crippen LogP contribution in [0.25, 0.3) is 11.0 Å². The van der Waals surface area contributed by atoms with Crippen molar-refractivity contribution in [1.82, 2.24) is 15.3 Å². The third-order valence-corrected chi connectivity index (χ3v) is 7.32. The quantitative estimate of drug-likeness (QED) is 0.616. The summed E-state index contributed by atoms with van der Waals surface area (Å²) in [5.74, 6) is 0.0813. The Labute approximate surface area is 204 Å². The molecule has 0 spiro atoms. The van der Waals surface area contributed by atoms with Gasteiger partial charge >= 0.3 is 6.09 Å². The lowest BCUT2D eigenvalue weighted by Gasteiger charge is -2.53. The molecule has 2 aromatic heterocycles. The number of fused-ring (bicyclic) bond motifs is 4. The molecule has 1 aliphatic carbocycles. The molecule has 2 aromatic rings. The van der Waals surface area contributed by atoms with Gasteiger partial charge in [0.25, 0.3) is 0 Å². The number of nitrogens with zero attached hydrogens (tertiary/aromatic N) is 2. The number of carbonyl (C=O) groups is 1. The van der Waals surface area contributed by atoms with E-state index in [2.05, 4.69) is 15.3 Å². The van der Waals surface area contributed by atoms with Gasteiger partial charge in [-0.2, -0.15) is 0 Å². The Morgan fingerprint density at radius 1 is 1.26 bits per heavy atom. The molecule has 0 radical (unpaired) electrons. The van der Waals surface area contributed by atoms with E-state index in [0.29, 0.717) is 48.5 Å². The van der Waals surface area contributed by atoms with Gasteiger partial charge in [-0.3, -0.25) is 4.98 Å². The fourth-order valence-electron chi connectivity index (χ4n) is 5.11. The SMILES string of the molecule is CC(C)(C)OC(=O)NC12CCC(CCc3c(F)cnc4ccc(OC[C@@H]5CCO5)nc34)(CC1)OC2. The van der Waals surface area contributed by atoms with Crippen LogP contribution in [0.2, 0.25) is 0 Å². The summed E-state index contributed by atoms with van der Waals surface area (Å²) < 4.78 is 37.8. The van der Waals surface area contributed by atoms with E-state index >= 15 is 0 Å². The molecule has 0 unspecified atom stereocenters. The fraction of sp³-hybridized carbons (Fsp3) is 0.654. The topological polar surface area (TPSA) is 91.8 Å². The van der Waals surface area contributed by atoms with E-state index in [1.54, 1.807) is 6.07 Å². The van der Waals surface area contributed by atoms with E-state index in [-0.39, 0.29) is 17.5 Å². The minimum atomic E-state index is -0.546. The molecule has 1 N–H and O–H groups in total. The van der Waals surface area contributed by atoms with Gasteiger partial charge in [0.1, 0.15) is 18.0 Å². The lowest BCUT2D eigenvalue weighted by molar-refractivity contribution is -0.163. The maximum Gasteiger partial charge on any atom is 0.408 e. The van der Waals surface area contributed by atoms with Crippen LogP contribution in [0.3, 0.4) is 0 Å². The van der Waals surface area contributed by atoms with Crippen molar-refractivity contribution in [3.05, 3.63) is 29.7 Å². The molecule has 3 aliphatic heterocycles. The first-order chi connectivity index (χ1) is 16.6. The Balaban J connectivity index is 1.24. The van der Waals surface area contributed by atoms with Gasteiger partial charge in [-0.15, -0.1) is 0 Å². The van der Waals surface area contributed by atoms with Crippen molar-refractivity contribution in [2.45, 2.75) is 88.6 Å². The van der Waals surface area contributed by atoms with Gasteiger partial charge in [-0.25, -0.2) is 14.2 Å². The number of carbonyl (C=O) groups excluding carboxylic acids is 1. The first-order valence-corrected chi connectivity index (χ1v) is 12.5. The van der Waals surface area contributed by atoms with Crippen molar-refractivity contribution in [2.24, 2.45) is 0 Å². The van der Waals surface area contributed by atoms with E-state index in [9.17, 15) is 9.18 Å². The molecule has 2 bridgehead atoms. The molecule has 6 rings (SSSR count). The van der Waals surface area contributed by atoms with Crippen molar-refractivity contribution in [3.8, 4) is 5.88 Å². The van der Waals surface area contributed by atoms with E-state index in [0.717, 1.165) is 38.7 Å².